The van der Waals surface area contributed by atoms with Crippen molar-refractivity contribution in [3.05, 3.63) is 60.7 Å². The summed E-state index contributed by atoms with van der Waals surface area (Å²) in [6.45, 7) is 10.6. The van der Waals surface area contributed by atoms with Gasteiger partial charge in [-0.25, -0.2) is 0 Å². The standard InChI is InChI=1S/C25H34O3Si/c1-19-16-25(23(26-5)22(19)17-27-25)18-28-29(24(2,3)4,20-12-8-6-9-13-20)21-14-10-7-11-15-21/h6-15,19,22-23H,16-18H2,1-5H3/t19?,22-,23-,25+/m0/s1. The van der Waals surface area contributed by atoms with Crippen molar-refractivity contribution in [1.29, 1.82) is 0 Å². The van der Waals surface area contributed by atoms with E-state index in [0.717, 1.165) is 13.0 Å². The molecule has 1 saturated carbocycles. The van der Waals surface area contributed by atoms with Gasteiger partial charge in [0.05, 0.1) is 19.3 Å². The summed E-state index contributed by atoms with van der Waals surface area (Å²) in [6, 6.07) is 21.7. The fourth-order valence-electron chi connectivity index (χ4n) is 5.72. The van der Waals surface area contributed by atoms with E-state index in [1.54, 1.807) is 0 Å². The number of fused-ring (bicyclic) bond motifs is 2. The van der Waals surface area contributed by atoms with Crippen molar-refractivity contribution in [3.63, 3.8) is 0 Å². The summed E-state index contributed by atoms with van der Waals surface area (Å²) in [4.78, 5) is 0. The minimum absolute atomic E-state index is 0.0306. The van der Waals surface area contributed by atoms with Crippen LogP contribution in [0.3, 0.4) is 0 Å². The van der Waals surface area contributed by atoms with Gasteiger partial charge in [0.25, 0.3) is 8.32 Å². The van der Waals surface area contributed by atoms with Crippen LogP contribution in [0.25, 0.3) is 0 Å². The van der Waals surface area contributed by atoms with Crippen LogP contribution in [0.2, 0.25) is 5.04 Å². The lowest BCUT2D eigenvalue weighted by Gasteiger charge is -2.45. The molecule has 0 aromatic heterocycles. The zero-order valence-electron chi connectivity index (χ0n) is 18.4. The molecular formula is C25H34O3Si. The Morgan fingerprint density at radius 1 is 1.00 bits per heavy atom. The van der Waals surface area contributed by atoms with Crippen molar-refractivity contribution in [2.75, 3.05) is 20.3 Å². The van der Waals surface area contributed by atoms with E-state index in [2.05, 4.69) is 88.4 Å². The molecule has 3 nitrogen and oxygen atoms in total. The number of benzene rings is 2. The highest BCUT2D eigenvalue weighted by molar-refractivity contribution is 6.99. The molecule has 156 valence electrons. The Morgan fingerprint density at radius 3 is 2.00 bits per heavy atom. The number of hydrogen-bond acceptors (Lipinski definition) is 3. The van der Waals surface area contributed by atoms with Gasteiger partial charge in [0.2, 0.25) is 0 Å². The van der Waals surface area contributed by atoms with Gasteiger partial charge in [-0.1, -0.05) is 88.4 Å². The SMILES string of the molecule is CO[C@H]1[C@H]2CO[C@@]1(CO[Si](c1ccccc1)(c1ccccc1)C(C)(C)C)CC2C. The van der Waals surface area contributed by atoms with E-state index in [0.29, 0.717) is 18.4 Å². The lowest BCUT2D eigenvalue weighted by molar-refractivity contribution is -0.0982. The maximum Gasteiger partial charge on any atom is 0.261 e. The summed E-state index contributed by atoms with van der Waals surface area (Å²) < 4.78 is 19.5. The van der Waals surface area contributed by atoms with Gasteiger partial charge in [-0.15, -0.1) is 0 Å². The normalized spacial score (nSPS) is 29.3. The summed E-state index contributed by atoms with van der Waals surface area (Å²) in [5, 5.41) is 2.59. The highest BCUT2D eigenvalue weighted by atomic mass is 28.4. The van der Waals surface area contributed by atoms with Gasteiger partial charge in [0, 0.05) is 13.0 Å². The molecule has 2 aromatic rings. The number of methoxy groups -OCH3 is 1. The summed E-state index contributed by atoms with van der Waals surface area (Å²) in [5.41, 5.74) is -0.327. The van der Waals surface area contributed by atoms with Crippen molar-refractivity contribution in [3.8, 4) is 0 Å². The largest absolute Gasteiger partial charge is 0.404 e. The summed E-state index contributed by atoms with van der Waals surface area (Å²) >= 11 is 0. The Hall–Kier alpha value is -1.46. The second-order valence-electron chi connectivity index (χ2n) is 9.83. The number of rotatable bonds is 6. The van der Waals surface area contributed by atoms with E-state index in [1.165, 1.54) is 10.4 Å². The number of hydrogen-bond donors (Lipinski definition) is 0. The predicted molar refractivity (Wildman–Crippen MR) is 120 cm³/mol. The second kappa shape index (κ2) is 7.66. The predicted octanol–water partition coefficient (Wildman–Crippen LogP) is 4.00. The van der Waals surface area contributed by atoms with Gasteiger partial charge in [0.15, 0.2) is 0 Å². The van der Waals surface area contributed by atoms with Crippen LogP contribution in [0.4, 0.5) is 0 Å². The Morgan fingerprint density at radius 2 is 1.55 bits per heavy atom. The van der Waals surface area contributed by atoms with Crippen LogP contribution in [-0.2, 0) is 13.9 Å². The van der Waals surface area contributed by atoms with Crippen LogP contribution < -0.4 is 10.4 Å². The van der Waals surface area contributed by atoms with E-state index in [-0.39, 0.29) is 16.7 Å². The molecule has 0 amide bonds. The summed E-state index contributed by atoms with van der Waals surface area (Å²) in [6.07, 6.45) is 1.13. The third-order valence-electron chi connectivity index (χ3n) is 7.07. The highest BCUT2D eigenvalue weighted by Crippen LogP contribution is 2.50. The first kappa shape index (κ1) is 20.8. The molecule has 4 heteroatoms. The Kier molecular flexibility index (Phi) is 5.49. The molecule has 4 atom stereocenters. The van der Waals surface area contributed by atoms with Crippen LogP contribution in [-0.4, -0.2) is 40.3 Å². The Balaban J connectivity index is 1.78. The summed E-state index contributed by atoms with van der Waals surface area (Å²) in [5.74, 6) is 1.08. The van der Waals surface area contributed by atoms with Crippen molar-refractivity contribution >= 4 is 18.7 Å². The Bertz CT molecular complexity index is 777. The van der Waals surface area contributed by atoms with Crippen molar-refractivity contribution < 1.29 is 13.9 Å². The molecular weight excluding hydrogens is 376 g/mol. The molecule has 1 saturated heterocycles. The zero-order valence-corrected chi connectivity index (χ0v) is 19.4. The molecule has 2 fully saturated rings. The van der Waals surface area contributed by atoms with Crippen molar-refractivity contribution in [2.45, 2.75) is 50.9 Å². The van der Waals surface area contributed by atoms with Crippen LogP contribution in [0.5, 0.6) is 0 Å². The van der Waals surface area contributed by atoms with Crippen LogP contribution in [0.15, 0.2) is 60.7 Å². The fraction of sp³-hybridized carbons (Fsp3) is 0.520. The van der Waals surface area contributed by atoms with Gasteiger partial charge in [0.1, 0.15) is 5.60 Å². The van der Waals surface area contributed by atoms with E-state index < -0.39 is 8.32 Å². The number of ether oxygens (including phenoxy) is 2. The lowest BCUT2D eigenvalue weighted by Crippen LogP contribution is -2.68. The molecule has 0 N–H and O–H groups in total. The monoisotopic (exact) mass is 410 g/mol. The van der Waals surface area contributed by atoms with Gasteiger partial charge in [-0.2, -0.15) is 0 Å². The van der Waals surface area contributed by atoms with E-state index in [4.69, 9.17) is 13.9 Å². The van der Waals surface area contributed by atoms with E-state index in [9.17, 15) is 0 Å². The molecule has 1 aliphatic heterocycles. The third-order valence-corrected chi connectivity index (χ3v) is 12.1. The summed E-state index contributed by atoms with van der Waals surface area (Å²) in [7, 11) is -0.740. The third kappa shape index (κ3) is 3.30. The maximum atomic E-state index is 7.19. The molecule has 4 rings (SSSR count). The van der Waals surface area contributed by atoms with Gasteiger partial charge in [-0.05, 0) is 27.8 Å². The molecule has 0 radical (unpaired) electrons. The van der Waals surface area contributed by atoms with Crippen LogP contribution in [0.1, 0.15) is 34.1 Å². The first-order valence-electron chi connectivity index (χ1n) is 10.8. The molecule has 29 heavy (non-hydrogen) atoms. The average Bonchev–Trinajstić information content (AvgIpc) is 3.20. The van der Waals surface area contributed by atoms with E-state index >= 15 is 0 Å². The van der Waals surface area contributed by atoms with Crippen LogP contribution in [0, 0.1) is 11.8 Å². The second-order valence-corrected chi connectivity index (χ2v) is 14.1. The van der Waals surface area contributed by atoms with E-state index in [1.807, 2.05) is 7.11 Å². The minimum atomic E-state index is -2.56. The molecule has 2 bridgehead atoms. The molecule has 2 aliphatic rings. The maximum absolute atomic E-state index is 7.19. The first-order valence-corrected chi connectivity index (χ1v) is 12.7. The molecule has 2 aromatic carbocycles. The molecule has 1 heterocycles. The Labute approximate surface area is 176 Å². The topological polar surface area (TPSA) is 27.7 Å². The van der Waals surface area contributed by atoms with Crippen molar-refractivity contribution in [1.82, 2.24) is 0 Å². The van der Waals surface area contributed by atoms with Crippen molar-refractivity contribution in [2.24, 2.45) is 11.8 Å². The van der Waals surface area contributed by atoms with Gasteiger partial charge < -0.3 is 13.9 Å². The molecule has 0 spiro atoms. The molecule has 1 unspecified atom stereocenters. The smallest absolute Gasteiger partial charge is 0.261 e. The van der Waals surface area contributed by atoms with Gasteiger partial charge >= 0.3 is 0 Å². The first-order chi connectivity index (χ1) is 13.8. The fourth-order valence-corrected chi connectivity index (χ4v) is 10.3. The minimum Gasteiger partial charge on any atom is -0.404 e. The van der Waals surface area contributed by atoms with Gasteiger partial charge in [-0.3, -0.25) is 0 Å². The average molecular weight is 411 g/mol. The van der Waals surface area contributed by atoms with Crippen LogP contribution >= 0.6 is 0 Å². The lowest BCUT2D eigenvalue weighted by atomic mass is 9.98. The molecule has 1 aliphatic carbocycles. The quantitative estimate of drug-likeness (QED) is 0.674. The highest BCUT2D eigenvalue weighted by Gasteiger charge is 2.61. The zero-order chi connectivity index (χ0) is 20.7.